The van der Waals surface area contributed by atoms with Crippen LogP contribution in [0, 0.1) is 0 Å². The lowest BCUT2D eigenvalue weighted by Crippen LogP contribution is -2.53. The number of aliphatic hydroxyl groups excluding tert-OH is 1. The summed E-state index contributed by atoms with van der Waals surface area (Å²) in [6, 6.07) is 9.36. The van der Waals surface area contributed by atoms with Crippen LogP contribution in [-0.2, 0) is 41.6 Å². The van der Waals surface area contributed by atoms with Gasteiger partial charge < -0.3 is 46.0 Å². The molecule has 0 fully saturated rings. The molecule has 0 radical (unpaired) electrons. The Hall–Kier alpha value is -6.66. The van der Waals surface area contributed by atoms with E-state index in [2.05, 4.69) is 42.8 Å². The fraction of sp³-hybridized carbons (Fsp3) is 0.349. The molecule has 17 nitrogen and oxygen atoms in total. The summed E-state index contributed by atoms with van der Waals surface area (Å²) in [7, 11) is 2.87. The van der Waals surface area contributed by atoms with Gasteiger partial charge in [-0.1, -0.05) is 37.8 Å². The largest absolute Gasteiger partial charge is 0.496 e. The molecule has 4 atom stereocenters. The van der Waals surface area contributed by atoms with Gasteiger partial charge in [-0.05, 0) is 35.7 Å². The Bertz CT molecular complexity index is 2490. The number of H-pyrrole nitrogens is 2. The number of methoxy groups -OCH3 is 1. The average Bonchev–Trinajstić information content (AvgIpc) is 4.02. The maximum Gasteiger partial charge on any atom is 0.271 e. The zero-order valence-electron chi connectivity index (χ0n) is 34.0. The first kappa shape index (κ1) is 43.9. The number of aromatic nitrogens is 3. The zero-order valence-corrected chi connectivity index (χ0v) is 34.8. The van der Waals surface area contributed by atoms with E-state index in [0.29, 0.717) is 22.3 Å². The molecule has 1 aliphatic rings. The molecule has 4 heterocycles. The highest BCUT2D eigenvalue weighted by molar-refractivity contribution is 7.10. The number of thiazole rings is 1. The molecule has 0 unspecified atom stereocenters. The van der Waals surface area contributed by atoms with Crippen LogP contribution in [0.25, 0.3) is 21.8 Å². The minimum absolute atomic E-state index is 0.00963. The number of rotatable bonds is 7. The topological polar surface area (TPSA) is 245 Å². The first-order chi connectivity index (χ1) is 29.3. The monoisotopic (exact) mass is 852 g/mol. The number of amides is 5. The van der Waals surface area contributed by atoms with E-state index in [4.69, 9.17) is 4.74 Å². The quantitative estimate of drug-likeness (QED) is 0.118. The van der Waals surface area contributed by atoms with Crippen molar-refractivity contribution in [1.82, 2.24) is 41.1 Å². The highest BCUT2D eigenvalue weighted by Gasteiger charge is 2.31. The third-order valence-electron chi connectivity index (χ3n) is 10.6. The number of hydrogen-bond acceptors (Lipinski definition) is 11. The highest BCUT2D eigenvalue weighted by Crippen LogP contribution is 2.30. The van der Waals surface area contributed by atoms with Gasteiger partial charge in [-0.25, -0.2) is 4.98 Å². The summed E-state index contributed by atoms with van der Waals surface area (Å²) in [6.45, 7) is 4.42. The summed E-state index contributed by atoms with van der Waals surface area (Å²) in [4.78, 5) is 107. The SMILES string of the molecule is C=C1NC(=O)[C@@H](CC)NC(=O)CCC(=O)[C@H](Cc2c[nH]c3cccc(OC)c23)NC(=O)[C@H](Cc2c[nH]c3ccccc23)NC(=O)c2csc(n2)[C@@H](CO)CC(=O)CN(C)C1=O. The summed E-state index contributed by atoms with van der Waals surface area (Å²) >= 11 is 1.05. The summed E-state index contributed by atoms with van der Waals surface area (Å²) < 4.78 is 5.61. The summed E-state index contributed by atoms with van der Waals surface area (Å²) in [5, 5.41) is 24.2. The van der Waals surface area contributed by atoms with Crippen LogP contribution < -0.4 is 26.0 Å². The van der Waals surface area contributed by atoms with E-state index in [1.165, 1.54) is 19.5 Å². The molecule has 3 aromatic heterocycles. The number of para-hydroxylation sites is 1. The molecule has 320 valence electrons. The number of ketones is 2. The number of nitrogens with zero attached hydrogens (tertiary/aromatic N) is 2. The van der Waals surface area contributed by atoms with Gasteiger partial charge >= 0.3 is 0 Å². The van der Waals surface area contributed by atoms with Gasteiger partial charge in [0.15, 0.2) is 11.6 Å². The first-order valence-electron chi connectivity index (χ1n) is 19.7. The Morgan fingerprint density at radius 1 is 0.869 bits per heavy atom. The minimum Gasteiger partial charge on any atom is -0.496 e. The van der Waals surface area contributed by atoms with Crippen molar-refractivity contribution in [1.29, 1.82) is 0 Å². The van der Waals surface area contributed by atoms with E-state index in [9.17, 15) is 38.7 Å². The molecule has 61 heavy (non-hydrogen) atoms. The standard InChI is InChI=1S/C43H48N8O9S/c1-5-29-39(56)46-23(2)43(59)51(3)20-27(53)15-26(21-52)42-50-34(22-61-42)41(58)49-33(16-24-18-44-30-10-7-6-9-28(24)30)40(57)48-32(35(54)13-14-37(55)47-29)17-25-19-45-31-11-8-12-36(60-4)38(25)31/h6-12,18-19,22,26,29,32-33,44-45,52H,2,5,13-17,20-21H2,1,3-4H3,(H,46,56)(H,47,55)(H,48,57)(H,49,58)/t26-,29-,32+,33+/m1/s1. The lowest BCUT2D eigenvalue weighted by molar-refractivity contribution is -0.133. The Balaban J connectivity index is 1.36. The number of aromatic amines is 2. The molecule has 7 N–H and O–H groups in total. The zero-order chi connectivity index (χ0) is 43.8. The predicted molar refractivity (Wildman–Crippen MR) is 227 cm³/mol. The third-order valence-corrected chi connectivity index (χ3v) is 11.6. The molecular weight excluding hydrogens is 805 g/mol. The molecule has 5 amide bonds. The number of carbonyl (C=O) groups excluding carboxylic acids is 7. The van der Waals surface area contributed by atoms with Gasteiger partial charge in [-0.2, -0.15) is 0 Å². The van der Waals surface area contributed by atoms with Gasteiger partial charge in [0.25, 0.3) is 11.8 Å². The molecule has 0 saturated heterocycles. The van der Waals surface area contributed by atoms with Crippen molar-refractivity contribution in [2.75, 3.05) is 27.3 Å². The van der Waals surface area contributed by atoms with E-state index in [0.717, 1.165) is 32.7 Å². The fourth-order valence-electron chi connectivity index (χ4n) is 7.29. The molecule has 1 aliphatic heterocycles. The molecular formula is C43H48N8O9S. The number of nitrogens with one attached hydrogen (secondary N) is 6. The number of Topliss-reactive ketones (excluding diaryl/α,β-unsaturated/α-hetero) is 2. The van der Waals surface area contributed by atoms with Gasteiger partial charge in [0, 0.05) is 84.6 Å². The summed E-state index contributed by atoms with van der Waals surface area (Å²) in [5.74, 6) is -4.70. The molecule has 0 spiro atoms. The van der Waals surface area contributed by atoms with Gasteiger partial charge in [-0.15, -0.1) is 11.3 Å². The number of ether oxygens (including phenoxy) is 1. The van der Waals surface area contributed by atoms with Crippen molar-refractivity contribution in [2.45, 2.75) is 69.5 Å². The Morgan fingerprint density at radius 2 is 1.59 bits per heavy atom. The number of aliphatic hydroxyl groups is 1. The van der Waals surface area contributed by atoms with Crippen molar-refractivity contribution in [2.24, 2.45) is 0 Å². The smallest absolute Gasteiger partial charge is 0.271 e. The molecule has 2 bridgehead atoms. The lowest BCUT2D eigenvalue weighted by atomic mass is 9.97. The van der Waals surface area contributed by atoms with Gasteiger partial charge in [-0.3, -0.25) is 33.6 Å². The van der Waals surface area contributed by atoms with Crippen molar-refractivity contribution in [3.05, 3.63) is 94.3 Å². The maximum absolute atomic E-state index is 14.5. The van der Waals surface area contributed by atoms with Crippen LogP contribution in [0.4, 0.5) is 0 Å². The molecule has 18 heteroatoms. The molecule has 2 aromatic carbocycles. The fourth-order valence-corrected chi connectivity index (χ4v) is 8.18. The van der Waals surface area contributed by atoms with Crippen LogP contribution in [0.3, 0.4) is 0 Å². The Morgan fingerprint density at radius 3 is 2.34 bits per heavy atom. The molecule has 5 aromatic rings. The van der Waals surface area contributed by atoms with Crippen LogP contribution in [0.1, 0.15) is 65.1 Å². The number of benzene rings is 2. The van der Waals surface area contributed by atoms with Crippen LogP contribution in [0.5, 0.6) is 5.75 Å². The number of hydrogen-bond donors (Lipinski definition) is 7. The van der Waals surface area contributed by atoms with Gasteiger partial charge in [0.2, 0.25) is 17.7 Å². The van der Waals surface area contributed by atoms with E-state index >= 15 is 0 Å². The summed E-state index contributed by atoms with van der Waals surface area (Å²) in [5.41, 5.74) is 2.51. The second kappa shape index (κ2) is 19.6. The average molecular weight is 853 g/mol. The lowest BCUT2D eigenvalue weighted by Gasteiger charge is -2.23. The van der Waals surface area contributed by atoms with E-state index < -0.39 is 71.8 Å². The normalized spacial score (nSPS) is 20.9. The minimum atomic E-state index is -1.24. The van der Waals surface area contributed by atoms with Crippen LogP contribution in [0.2, 0.25) is 0 Å². The molecule has 0 saturated carbocycles. The summed E-state index contributed by atoms with van der Waals surface area (Å²) in [6.07, 6.45) is 2.69. The Kier molecular flexibility index (Phi) is 14.1. The maximum atomic E-state index is 14.5. The molecule has 6 rings (SSSR count). The number of fused-ring (bicyclic) bond motifs is 4. The van der Waals surface area contributed by atoms with E-state index in [1.807, 2.05) is 36.4 Å². The second-order valence-corrected chi connectivity index (χ2v) is 15.8. The second-order valence-electron chi connectivity index (χ2n) is 14.9. The van der Waals surface area contributed by atoms with Gasteiger partial charge in [0.05, 0.1) is 37.0 Å². The van der Waals surface area contributed by atoms with E-state index in [-0.39, 0.29) is 61.5 Å². The van der Waals surface area contributed by atoms with Gasteiger partial charge in [0.1, 0.15) is 23.5 Å². The first-order valence-corrected chi connectivity index (χ1v) is 20.6. The predicted octanol–water partition coefficient (Wildman–Crippen LogP) is 2.56. The van der Waals surface area contributed by atoms with Crippen LogP contribution >= 0.6 is 11.3 Å². The van der Waals surface area contributed by atoms with Crippen molar-refractivity contribution >= 4 is 74.2 Å². The Labute approximate surface area is 354 Å². The van der Waals surface area contributed by atoms with Crippen molar-refractivity contribution < 1.29 is 43.4 Å². The molecule has 0 aliphatic carbocycles. The third kappa shape index (κ3) is 10.4. The van der Waals surface area contributed by atoms with E-state index in [1.54, 1.807) is 25.4 Å². The van der Waals surface area contributed by atoms with Crippen molar-refractivity contribution in [3.63, 3.8) is 0 Å². The number of carbonyl (C=O) groups is 7. The van der Waals surface area contributed by atoms with Crippen LogP contribution in [0.15, 0.2) is 72.5 Å². The highest BCUT2D eigenvalue weighted by atomic mass is 32.1. The number of likely N-dealkylation sites (N-methyl/N-ethyl adjacent to an activating group) is 1. The van der Waals surface area contributed by atoms with Crippen LogP contribution in [-0.4, -0.2) is 111 Å². The van der Waals surface area contributed by atoms with Crippen molar-refractivity contribution in [3.8, 4) is 5.75 Å².